The van der Waals surface area contributed by atoms with E-state index in [-0.39, 0.29) is 5.91 Å². The fraction of sp³-hybridized carbons (Fsp3) is 0.500. The number of carbonyl (C=O) groups is 1. The van der Waals surface area contributed by atoms with Crippen molar-refractivity contribution in [2.24, 2.45) is 0 Å². The van der Waals surface area contributed by atoms with Crippen molar-refractivity contribution in [3.63, 3.8) is 0 Å². The Morgan fingerprint density at radius 2 is 2.06 bits per heavy atom. The van der Waals surface area contributed by atoms with Crippen LogP contribution in [0.25, 0.3) is 0 Å². The third-order valence-electron chi connectivity index (χ3n) is 2.25. The van der Waals surface area contributed by atoms with Crippen LogP contribution in [0, 0.1) is 0 Å². The van der Waals surface area contributed by atoms with E-state index in [0.717, 1.165) is 24.5 Å². The summed E-state index contributed by atoms with van der Waals surface area (Å²) in [5.41, 5.74) is 1.62. The van der Waals surface area contributed by atoms with Crippen molar-refractivity contribution < 1.29 is 4.79 Å². The van der Waals surface area contributed by atoms with Crippen molar-refractivity contribution in [3.05, 3.63) is 23.4 Å². The van der Waals surface area contributed by atoms with Crippen LogP contribution in [0.3, 0.4) is 0 Å². The monoisotopic (exact) mass is 221 g/mol. The number of hydrogen-bond donors (Lipinski definition) is 1. The number of rotatable bonds is 4. The molecule has 0 saturated heterocycles. The average molecular weight is 221 g/mol. The van der Waals surface area contributed by atoms with Crippen LogP contribution in [0.15, 0.2) is 12.1 Å². The highest BCUT2D eigenvalue weighted by Gasteiger charge is 2.10. The van der Waals surface area contributed by atoms with Gasteiger partial charge in [0.15, 0.2) is 0 Å². The Labute approximate surface area is 96.7 Å². The van der Waals surface area contributed by atoms with Crippen LogP contribution in [0.1, 0.15) is 29.9 Å². The van der Waals surface area contributed by atoms with Gasteiger partial charge < -0.3 is 10.2 Å². The minimum atomic E-state index is 0.0104. The van der Waals surface area contributed by atoms with E-state index < -0.39 is 0 Å². The minimum absolute atomic E-state index is 0.0104. The van der Waals surface area contributed by atoms with Crippen LogP contribution in [0.2, 0.25) is 0 Å². The summed E-state index contributed by atoms with van der Waals surface area (Å²) in [5, 5.41) is 3.13. The van der Waals surface area contributed by atoms with Crippen molar-refractivity contribution in [1.29, 1.82) is 0 Å². The van der Waals surface area contributed by atoms with Crippen LogP contribution < -0.4 is 5.32 Å². The third kappa shape index (κ3) is 2.95. The molecule has 0 aliphatic heterocycles. The molecule has 0 aliphatic rings. The molecule has 0 bridgehead atoms. The highest BCUT2D eigenvalue weighted by molar-refractivity contribution is 5.94. The maximum absolute atomic E-state index is 11.8. The van der Waals surface area contributed by atoms with Gasteiger partial charge in [-0.2, -0.15) is 0 Å². The molecule has 4 nitrogen and oxygen atoms in total. The first-order valence-corrected chi connectivity index (χ1v) is 5.55. The summed E-state index contributed by atoms with van der Waals surface area (Å²) < 4.78 is 0. The summed E-state index contributed by atoms with van der Waals surface area (Å²) in [7, 11) is 3.50. The van der Waals surface area contributed by atoms with Crippen LogP contribution in [-0.4, -0.2) is 36.4 Å². The number of aromatic nitrogens is 1. The van der Waals surface area contributed by atoms with Crippen molar-refractivity contribution >= 4 is 11.7 Å². The van der Waals surface area contributed by atoms with Crippen molar-refractivity contribution in [2.45, 2.75) is 20.3 Å². The number of carbonyl (C=O) groups excluding carboxylic acids is 1. The standard InChI is InChI=1S/C12H19N3O/c1-5-10-7-9(12(16)15(3)4)8-11(14-10)13-6-2/h7-8H,5-6H2,1-4H3,(H,13,14). The second-order valence-corrected chi connectivity index (χ2v) is 3.82. The maximum atomic E-state index is 11.8. The van der Waals surface area contributed by atoms with Gasteiger partial charge in [0.05, 0.1) is 0 Å². The lowest BCUT2D eigenvalue weighted by Gasteiger charge is -2.12. The Morgan fingerprint density at radius 3 is 2.56 bits per heavy atom. The summed E-state index contributed by atoms with van der Waals surface area (Å²) in [6.45, 7) is 4.84. The number of hydrogen-bond acceptors (Lipinski definition) is 3. The van der Waals surface area contributed by atoms with Gasteiger partial charge in [0.25, 0.3) is 5.91 Å². The van der Waals surface area contributed by atoms with Crippen LogP contribution in [0.4, 0.5) is 5.82 Å². The van der Waals surface area contributed by atoms with Crippen LogP contribution in [-0.2, 0) is 6.42 Å². The van der Waals surface area contributed by atoms with Gasteiger partial charge in [0, 0.05) is 31.9 Å². The fourth-order valence-corrected chi connectivity index (χ4v) is 1.42. The molecule has 1 amide bonds. The third-order valence-corrected chi connectivity index (χ3v) is 2.25. The summed E-state index contributed by atoms with van der Waals surface area (Å²) in [4.78, 5) is 17.8. The number of aryl methyl sites for hydroxylation is 1. The molecule has 1 aromatic rings. The molecule has 4 heteroatoms. The van der Waals surface area contributed by atoms with E-state index in [1.54, 1.807) is 25.1 Å². The predicted molar refractivity (Wildman–Crippen MR) is 65.8 cm³/mol. The van der Waals surface area contributed by atoms with Gasteiger partial charge in [-0.15, -0.1) is 0 Å². The molecule has 1 rings (SSSR count). The molecule has 1 aromatic heterocycles. The van der Waals surface area contributed by atoms with Gasteiger partial charge in [-0.25, -0.2) is 4.98 Å². The molecule has 0 aliphatic carbocycles. The Kier molecular flexibility index (Phi) is 4.28. The highest BCUT2D eigenvalue weighted by Crippen LogP contribution is 2.12. The lowest BCUT2D eigenvalue weighted by atomic mass is 10.1. The first kappa shape index (κ1) is 12.5. The van der Waals surface area contributed by atoms with E-state index in [1.807, 2.05) is 19.9 Å². The van der Waals surface area contributed by atoms with E-state index in [0.29, 0.717) is 5.56 Å². The second kappa shape index (κ2) is 5.49. The minimum Gasteiger partial charge on any atom is -0.370 e. The molecule has 88 valence electrons. The molecule has 0 unspecified atom stereocenters. The van der Waals surface area contributed by atoms with Gasteiger partial charge >= 0.3 is 0 Å². The number of amides is 1. The highest BCUT2D eigenvalue weighted by atomic mass is 16.2. The SMILES string of the molecule is CCNc1cc(C(=O)N(C)C)cc(CC)n1. The number of nitrogens with zero attached hydrogens (tertiary/aromatic N) is 2. The topological polar surface area (TPSA) is 45.2 Å². The maximum Gasteiger partial charge on any atom is 0.253 e. The molecular weight excluding hydrogens is 202 g/mol. The lowest BCUT2D eigenvalue weighted by molar-refractivity contribution is 0.0827. The van der Waals surface area contributed by atoms with Gasteiger partial charge in [-0.05, 0) is 25.5 Å². The Morgan fingerprint density at radius 1 is 1.38 bits per heavy atom. The second-order valence-electron chi connectivity index (χ2n) is 3.82. The van der Waals surface area contributed by atoms with Gasteiger partial charge in [-0.1, -0.05) is 6.92 Å². The molecule has 1 N–H and O–H groups in total. The zero-order chi connectivity index (χ0) is 12.1. The molecule has 0 spiro atoms. The number of nitrogens with one attached hydrogen (secondary N) is 1. The Bertz CT molecular complexity index is 375. The first-order chi connectivity index (χ1) is 7.58. The van der Waals surface area contributed by atoms with Crippen molar-refractivity contribution in [3.8, 4) is 0 Å². The normalized spacial score (nSPS) is 10.0. The summed E-state index contributed by atoms with van der Waals surface area (Å²) in [5.74, 6) is 0.781. The molecule has 0 atom stereocenters. The summed E-state index contributed by atoms with van der Waals surface area (Å²) >= 11 is 0. The molecule has 0 saturated carbocycles. The van der Waals surface area contributed by atoms with Crippen LogP contribution >= 0.6 is 0 Å². The molecule has 16 heavy (non-hydrogen) atoms. The number of anilines is 1. The Balaban J connectivity index is 3.08. The molecule has 0 aromatic carbocycles. The Hall–Kier alpha value is -1.58. The van der Waals surface area contributed by atoms with Crippen LogP contribution in [0.5, 0.6) is 0 Å². The molecule has 0 fully saturated rings. The number of pyridine rings is 1. The predicted octanol–water partition coefficient (Wildman–Crippen LogP) is 1.78. The largest absolute Gasteiger partial charge is 0.370 e. The van der Waals surface area contributed by atoms with Gasteiger partial charge in [0.2, 0.25) is 0 Å². The van der Waals surface area contributed by atoms with E-state index >= 15 is 0 Å². The summed E-state index contributed by atoms with van der Waals surface area (Å²) in [6.07, 6.45) is 0.826. The molecule has 0 radical (unpaired) electrons. The van der Waals surface area contributed by atoms with Gasteiger partial charge in [-0.3, -0.25) is 4.79 Å². The summed E-state index contributed by atoms with van der Waals surface area (Å²) in [6, 6.07) is 3.65. The first-order valence-electron chi connectivity index (χ1n) is 5.55. The smallest absolute Gasteiger partial charge is 0.253 e. The average Bonchev–Trinajstić information content (AvgIpc) is 2.27. The zero-order valence-electron chi connectivity index (χ0n) is 10.4. The van der Waals surface area contributed by atoms with E-state index in [2.05, 4.69) is 10.3 Å². The van der Waals surface area contributed by atoms with Crippen molar-refractivity contribution in [2.75, 3.05) is 26.0 Å². The van der Waals surface area contributed by atoms with E-state index in [9.17, 15) is 4.79 Å². The van der Waals surface area contributed by atoms with E-state index in [1.165, 1.54) is 0 Å². The quantitative estimate of drug-likeness (QED) is 0.843. The molecule has 1 heterocycles. The van der Waals surface area contributed by atoms with Gasteiger partial charge in [0.1, 0.15) is 5.82 Å². The van der Waals surface area contributed by atoms with Crippen molar-refractivity contribution in [1.82, 2.24) is 9.88 Å². The zero-order valence-corrected chi connectivity index (χ0v) is 10.4. The lowest BCUT2D eigenvalue weighted by Crippen LogP contribution is -2.22. The van der Waals surface area contributed by atoms with E-state index in [4.69, 9.17) is 0 Å². The fourth-order valence-electron chi connectivity index (χ4n) is 1.42. The molecular formula is C12H19N3O.